The molecule has 1 heterocycles. The summed E-state index contributed by atoms with van der Waals surface area (Å²) < 4.78 is 4.75. The first kappa shape index (κ1) is 32.9. The normalized spacial score (nSPS) is 20.8. The summed E-state index contributed by atoms with van der Waals surface area (Å²) in [4.78, 5) is 0. The molecule has 3 heteroatoms. The summed E-state index contributed by atoms with van der Waals surface area (Å²) in [6.07, 6.45) is 12.6. The average Bonchev–Trinajstić information content (AvgIpc) is 3.44. The third-order valence-corrected chi connectivity index (χ3v) is 29.3. The van der Waals surface area contributed by atoms with Crippen LogP contribution in [0.15, 0.2) is 35.4 Å². The van der Waals surface area contributed by atoms with E-state index in [9.17, 15) is 0 Å². The number of aryl methyl sites for hydroxylation is 4. The van der Waals surface area contributed by atoms with Crippen LogP contribution in [0, 0.1) is 11.8 Å². The fourth-order valence-electron chi connectivity index (χ4n) is 7.99. The van der Waals surface area contributed by atoms with E-state index in [-0.39, 0.29) is 24.8 Å². The number of halogens is 2. The van der Waals surface area contributed by atoms with Crippen LogP contribution in [0.3, 0.4) is 0 Å². The Morgan fingerprint density at radius 1 is 0.590 bits per heavy atom. The van der Waals surface area contributed by atoms with Crippen molar-refractivity contribution in [1.29, 1.82) is 0 Å². The summed E-state index contributed by atoms with van der Waals surface area (Å²) in [5.74, 6) is 1.38. The smallest absolute Gasteiger partial charge is 1.00 e. The van der Waals surface area contributed by atoms with E-state index in [2.05, 4.69) is 91.8 Å². The topological polar surface area (TPSA) is 0 Å². The Morgan fingerprint density at radius 3 is 1.21 bits per heavy atom. The van der Waals surface area contributed by atoms with E-state index >= 15 is 0 Å². The Balaban J connectivity index is 0.00000210. The van der Waals surface area contributed by atoms with Gasteiger partial charge in [-0.1, -0.05) is 0 Å². The molecular weight excluding hydrogens is 682 g/mol. The third-order valence-electron chi connectivity index (χ3n) is 10.7. The molecule has 0 saturated carbocycles. The van der Waals surface area contributed by atoms with Crippen molar-refractivity contribution in [2.75, 3.05) is 0 Å². The van der Waals surface area contributed by atoms with Crippen molar-refractivity contribution in [2.45, 2.75) is 110 Å². The van der Waals surface area contributed by atoms with E-state index in [0.717, 1.165) is 20.2 Å². The van der Waals surface area contributed by atoms with Crippen LogP contribution in [0.1, 0.15) is 120 Å². The maximum atomic E-state index is 2.73. The first-order valence-corrected chi connectivity index (χ1v) is 24.8. The van der Waals surface area contributed by atoms with Crippen LogP contribution in [0.5, 0.6) is 0 Å². The van der Waals surface area contributed by atoms with Crippen LogP contribution in [-0.2, 0) is 45.7 Å². The Hall–Kier alpha value is -0.630. The minimum Gasteiger partial charge on any atom is -1.00 e. The molecule has 212 valence electrons. The second kappa shape index (κ2) is 13.1. The number of hydrogen-bond acceptors (Lipinski definition) is 0. The summed E-state index contributed by atoms with van der Waals surface area (Å²) >= 11 is -2.88. The zero-order valence-electron chi connectivity index (χ0n) is 25.7. The van der Waals surface area contributed by atoms with Crippen LogP contribution in [0.2, 0.25) is 8.35 Å². The van der Waals surface area contributed by atoms with Crippen LogP contribution in [-0.4, -0.2) is 0 Å². The predicted molar refractivity (Wildman–Crippen MR) is 160 cm³/mol. The van der Waals surface area contributed by atoms with E-state index in [1.807, 2.05) is 22.3 Å². The van der Waals surface area contributed by atoms with Gasteiger partial charge >= 0.3 is 233 Å². The van der Waals surface area contributed by atoms with Crippen molar-refractivity contribution in [2.24, 2.45) is 11.8 Å². The molecule has 0 bridgehead atoms. The zero-order chi connectivity index (χ0) is 26.5. The Bertz CT molecular complexity index is 1160. The molecule has 3 aliphatic rings. The largest absolute Gasteiger partial charge is 1.00 e. The Kier molecular flexibility index (Phi) is 11.1. The monoisotopic (exact) mass is 732 g/mol. The standard InChI is InChI=1S/2C17H23.C2H4.2ClH.Hf/c2*1-5-12(4)15-10-16-13(6-2)8-9-14(7-3)17(16)11-15;1-2;;;/h2*8-12H,5-7H2,1-4H3;1-2H2;2*1H;/q;;;;;+2/p-2. The van der Waals surface area contributed by atoms with Crippen molar-refractivity contribution in [3.63, 3.8) is 0 Å². The number of allylic oxidation sites excluding steroid dienone is 2. The van der Waals surface area contributed by atoms with Crippen molar-refractivity contribution >= 4 is 12.2 Å². The van der Waals surface area contributed by atoms with Gasteiger partial charge in [0.2, 0.25) is 0 Å². The van der Waals surface area contributed by atoms with E-state index in [0.29, 0.717) is 11.8 Å². The molecule has 4 atom stereocenters. The molecule has 0 spiro atoms. The molecule has 1 saturated heterocycles. The zero-order valence-corrected chi connectivity index (χ0v) is 30.8. The second-order valence-corrected chi connectivity index (χ2v) is 28.9. The Morgan fingerprint density at radius 2 is 0.923 bits per heavy atom. The summed E-state index contributed by atoms with van der Waals surface area (Å²) in [5, 5.41) is 0. The van der Waals surface area contributed by atoms with Gasteiger partial charge in [-0.05, 0) is 0 Å². The molecule has 2 aliphatic carbocycles. The van der Waals surface area contributed by atoms with E-state index in [4.69, 9.17) is 0 Å². The summed E-state index contributed by atoms with van der Waals surface area (Å²) in [6, 6.07) is 9.95. The van der Waals surface area contributed by atoms with Gasteiger partial charge in [-0.2, -0.15) is 0 Å². The van der Waals surface area contributed by atoms with Gasteiger partial charge in [0.15, 0.2) is 0 Å². The molecule has 4 unspecified atom stereocenters. The molecule has 2 aromatic rings. The number of rotatable bonds is 10. The quantitative estimate of drug-likeness (QED) is 0.314. The van der Waals surface area contributed by atoms with E-state index in [1.165, 1.54) is 25.7 Å². The minimum atomic E-state index is -2.88. The molecule has 2 aromatic carbocycles. The molecule has 0 aromatic heterocycles. The molecule has 39 heavy (non-hydrogen) atoms. The molecule has 5 rings (SSSR count). The fourth-order valence-corrected chi connectivity index (χ4v) is 36.9. The second-order valence-electron chi connectivity index (χ2n) is 12.3. The molecule has 1 fully saturated rings. The summed E-state index contributed by atoms with van der Waals surface area (Å²) in [6.45, 7) is 19.4. The van der Waals surface area contributed by atoms with Gasteiger partial charge in [-0.25, -0.2) is 0 Å². The first-order valence-electron chi connectivity index (χ1n) is 15.6. The number of hydrogen-bond donors (Lipinski definition) is 0. The van der Waals surface area contributed by atoms with Gasteiger partial charge in [-0.15, -0.1) is 0 Å². The molecule has 1 aliphatic heterocycles. The van der Waals surface area contributed by atoms with Crippen molar-refractivity contribution in [1.82, 2.24) is 0 Å². The molecule has 0 radical (unpaired) electrons. The van der Waals surface area contributed by atoms with Gasteiger partial charge in [0.1, 0.15) is 0 Å². The van der Waals surface area contributed by atoms with Gasteiger partial charge in [0, 0.05) is 0 Å². The molecule has 0 nitrogen and oxygen atoms in total. The van der Waals surface area contributed by atoms with E-state index in [1.54, 1.807) is 41.7 Å². The van der Waals surface area contributed by atoms with Crippen LogP contribution < -0.4 is 24.8 Å². The van der Waals surface area contributed by atoms with Gasteiger partial charge < -0.3 is 24.8 Å². The minimum absolute atomic E-state index is 0. The average molecular weight is 732 g/mol. The number of fused-ring (bicyclic) bond motifs is 2. The predicted octanol–water partition coefficient (Wildman–Crippen LogP) is 4.62. The first-order chi connectivity index (χ1) is 17.9. The maximum Gasteiger partial charge on any atom is -1.00 e. The fraction of sp³-hybridized carbons (Fsp3) is 0.556. The Labute approximate surface area is 256 Å². The summed E-state index contributed by atoms with van der Waals surface area (Å²) in [5.41, 5.74) is 17.1. The van der Waals surface area contributed by atoms with Crippen molar-refractivity contribution < 1.29 is 44.8 Å². The number of benzene rings is 2. The SMILES string of the molecule is CCc1ccc(CC)c2c1C=C(C(C)CC)[CH]2[Hf+2]1([CH]2C(C(C)CC)=Cc3c(CC)ccc(CC)c32)[CH2][CH2]1.[Cl-].[Cl-]. The van der Waals surface area contributed by atoms with Gasteiger partial charge in [0.05, 0.1) is 0 Å². The van der Waals surface area contributed by atoms with Crippen molar-refractivity contribution in [3.8, 4) is 0 Å². The maximum absolute atomic E-state index is 2.88. The van der Waals surface area contributed by atoms with Crippen LogP contribution >= 0.6 is 0 Å². The van der Waals surface area contributed by atoms with Crippen LogP contribution in [0.25, 0.3) is 12.2 Å². The molecular formula is C36H50Cl2Hf. The summed E-state index contributed by atoms with van der Waals surface area (Å²) in [7, 11) is 0. The molecule has 0 N–H and O–H groups in total. The third kappa shape index (κ3) is 5.25. The van der Waals surface area contributed by atoms with E-state index < -0.39 is 20.0 Å². The molecule has 0 amide bonds. The van der Waals surface area contributed by atoms with Gasteiger partial charge in [-0.3, -0.25) is 0 Å². The van der Waals surface area contributed by atoms with Crippen molar-refractivity contribution in [3.05, 3.63) is 79.9 Å². The van der Waals surface area contributed by atoms with Crippen LogP contribution in [0.4, 0.5) is 0 Å². The van der Waals surface area contributed by atoms with Gasteiger partial charge in [0.25, 0.3) is 0 Å².